The first-order valence-electron chi connectivity index (χ1n) is 7.52. The van der Waals surface area contributed by atoms with Crippen molar-refractivity contribution in [3.05, 3.63) is 65.2 Å². The van der Waals surface area contributed by atoms with Gasteiger partial charge in [0.15, 0.2) is 5.78 Å². The monoisotopic (exact) mass is 282 g/mol. The average molecular weight is 282 g/mol. The highest BCUT2D eigenvalue weighted by molar-refractivity contribution is 6.09. The standard InChI is InChI=1S/C19H22O2/c1-3-4-5-6-15-7-9-16(10-8-15)19(20)17-11-13-18(21-2)14-12-17/h7-14H,3-6H2,1-2H3. The van der Waals surface area contributed by atoms with E-state index in [1.165, 1.54) is 24.8 Å². The number of ether oxygens (including phenoxy) is 1. The number of hydrogen-bond acceptors (Lipinski definition) is 2. The van der Waals surface area contributed by atoms with E-state index >= 15 is 0 Å². The molecule has 21 heavy (non-hydrogen) atoms. The Morgan fingerprint density at radius 2 is 1.48 bits per heavy atom. The minimum Gasteiger partial charge on any atom is -0.497 e. The lowest BCUT2D eigenvalue weighted by Crippen LogP contribution is -2.01. The molecule has 0 spiro atoms. The van der Waals surface area contributed by atoms with Crippen molar-refractivity contribution in [3.8, 4) is 5.75 Å². The molecule has 0 aliphatic heterocycles. The van der Waals surface area contributed by atoms with Crippen LogP contribution in [0.4, 0.5) is 0 Å². The van der Waals surface area contributed by atoms with Crippen molar-refractivity contribution < 1.29 is 9.53 Å². The van der Waals surface area contributed by atoms with Crippen molar-refractivity contribution in [2.45, 2.75) is 32.6 Å². The van der Waals surface area contributed by atoms with Gasteiger partial charge in [0.25, 0.3) is 0 Å². The van der Waals surface area contributed by atoms with E-state index in [-0.39, 0.29) is 5.78 Å². The van der Waals surface area contributed by atoms with E-state index in [0.717, 1.165) is 17.7 Å². The zero-order chi connectivity index (χ0) is 15.1. The van der Waals surface area contributed by atoms with Crippen LogP contribution >= 0.6 is 0 Å². The molecule has 0 N–H and O–H groups in total. The molecule has 0 fully saturated rings. The molecular formula is C19H22O2. The molecule has 0 radical (unpaired) electrons. The summed E-state index contributed by atoms with van der Waals surface area (Å²) in [7, 11) is 1.62. The van der Waals surface area contributed by atoms with Crippen LogP contribution in [-0.4, -0.2) is 12.9 Å². The van der Waals surface area contributed by atoms with Crippen molar-refractivity contribution in [1.82, 2.24) is 0 Å². The molecule has 0 aliphatic rings. The van der Waals surface area contributed by atoms with Gasteiger partial charge in [-0.25, -0.2) is 0 Å². The average Bonchev–Trinajstić information content (AvgIpc) is 2.55. The summed E-state index contributed by atoms with van der Waals surface area (Å²) in [5, 5.41) is 0. The fourth-order valence-electron chi connectivity index (χ4n) is 2.31. The van der Waals surface area contributed by atoms with Crippen LogP contribution in [0.25, 0.3) is 0 Å². The van der Waals surface area contributed by atoms with Gasteiger partial charge in [0, 0.05) is 11.1 Å². The Bertz CT molecular complexity index is 568. The SMILES string of the molecule is CCCCCc1ccc(C(=O)c2ccc(OC)cc2)cc1. The van der Waals surface area contributed by atoms with Crippen LogP contribution < -0.4 is 4.74 Å². The predicted molar refractivity (Wildman–Crippen MR) is 86.1 cm³/mol. The van der Waals surface area contributed by atoms with E-state index in [4.69, 9.17) is 4.74 Å². The highest BCUT2D eigenvalue weighted by atomic mass is 16.5. The van der Waals surface area contributed by atoms with Crippen molar-refractivity contribution in [2.24, 2.45) is 0 Å². The summed E-state index contributed by atoms with van der Waals surface area (Å²) in [4.78, 5) is 12.4. The molecule has 2 aromatic carbocycles. The highest BCUT2D eigenvalue weighted by Crippen LogP contribution is 2.16. The van der Waals surface area contributed by atoms with E-state index in [1.807, 2.05) is 24.3 Å². The Labute approximate surface area is 126 Å². The van der Waals surface area contributed by atoms with Crippen molar-refractivity contribution >= 4 is 5.78 Å². The first-order valence-corrected chi connectivity index (χ1v) is 7.52. The zero-order valence-electron chi connectivity index (χ0n) is 12.8. The number of rotatable bonds is 7. The molecule has 0 atom stereocenters. The van der Waals surface area contributed by atoms with E-state index in [0.29, 0.717) is 5.56 Å². The minimum atomic E-state index is 0.0535. The lowest BCUT2D eigenvalue weighted by atomic mass is 10.00. The summed E-state index contributed by atoms with van der Waals surface area (Å²) in [6, 6.07) is 15.2. The van der Waals surface area contributed by atoms with Gasteiger partial charge in [-0.1, -0.05) is 44.0 Å². The second-order valence-corrected chi connectivity index (χ2v) is 5.21. The number of benzene rings is 2. The number of methoxy groups -OCH3 is 1. The van der Waals surface area contributed by atoms with Crippen LogP contribution in [0, 0.1) is 0 Å². The van der Waals surface area contributed by atoms with Crippen molar-refractivity contribution in [1.29, 1.82) is 0 Å². The third-order valence-electron chi connectivity index (χ3n) is 3.64. The number of hydrogen-bond donors (Lipinski definition) is 0. The van der Waals surface area contributed by atoms with Gasteiger partial charge in [0.1, 0.15) is 5.75 Å². The summed E-state index contributed by atoms with van der Waals surface area (Å²) in [6.07, 6.45) is 4.79. The fourth-order valence-corrected chi connectivity index (χ4v) is 2.31. The molecule has 0 unspecified atom stereocenters. The zero-order valence-corrected chi connectivity index (χ0v) is 12.8. The summed E-state index contributed by atoms with van der Waals surface area (Å²) < 4.78 is 5.11. The summed E-state index contributed by atoms with van der Waals surface area (Å²) in [5.74, 6) is 0.815. The summed E-state index contributed by atoms with van der Waals surface area (Å²) in [5.41, 5.74) is 2.73. The summed E-state index contributed by atoms with van der Waals surface area (Å²) >= 11 is 0. The number of unbranched alkanes of at least 4 members (excludes halogenated alkanes) is 2. The molecule has 0 heterocycles. The molecule has 0 amide bonds. The Morgan fingerprint density at radius 1 is 0.905 bits per heavy atom. The maximum absolute atomic E-state index is 12.4. The Morgan fingerprint density at radius 3 is 2.00 bits per heavy atom. The van der Waals surface area contributed by atoms with Gasteiger partial charge in [-0.2, -0.15) is 0 Å². The van der Waals surface area contributed by atoms with E-state index in [1.54, 1.807) is 19.2 Å². The van der Waals surface area contributed by atoms with Crippen molar-refractivity contribution in [3.63, 3.8) is 0 Å². The van der Waals surface area contributed by atoms with Gasteiger partial charge in [0.2, 0.25) is 0 Å². The third-order valence-corrected chi connectivity index (χ3v) is 3.64. The maximum Gasteiger partial charge on any atom is 0.193 e. The second-order valence-electron chi connectivity index (χ2n) is 5.21. The summed E-state index contributed by atoms with van der Waals surface area (Å²) in [6.45, 7) is 2.20. The van der Waals surface area contributed by atoms with Gasteiger partial charge in [-0.15, -0.1) is 0 Å². The van der Waals surface area contributed by atoms with E-state index in [9.17, 15) is 4.79 Å². The van der Waals surface area contributed by atoms with Gasteiger partial charge >= 0.3 is 0 Å². The normalized spacial score (nSPS) is 10.4. The van der Waals surface area contributed by atoms with Gasteiger partial charge in [0.05, 0.1) is 7.11 Å². The number of ketones is 1. The quantitative estimate of drug-likeness (QED) is 0.545. The molecule has 0 aromatic heterocycles. The third kappa shape index (κ3) is 4.19. The van der Waals surface area contributed by atoms with Crippen LogP contribution in [0.2, 0.25) is 0 Å². The number of aryl methyl sites for hydroxylation is 1. The topological polar surface area (TPSA) is 26.3 Å². The van der Waals surface area contributed by atoms with Gasteiger partial charge in [-0.05, 0) is 42.7 Å². The van der Waals surface area contributed by atoms with Gasteiger partial charge < -0.3 is 4.74 Å². The molecule has 0 bridgehead atoms. The largest absolute Gasteiger partial charge is 0.497 e. The highest BCUT2D eigenvalue weighted by Gasteiger charge is 2.08. The first kappa shape index (κ1) is 15.3. The molecule has 0 aliphatic carbocycles. The maximum atomic E-state index is 12.4. The molecule has 0 saturated heterocycles. The Kier molecular flexibility index (Phi) is 5.56. The number of carbonyl (C=O) groups excluding carboxylic acids is 1. The smallest absolute Gasteiger partial charge is 0.193 e. The van der Waals surface area contributed by atoms with Crippen LogP contribution in [-0.2, 0) is 6.42 Å². The lowest BCUT2D eigenvalue weighted by Gasteiger charge is -2.05. The molecule has 110 valence electrons. The first-order chi connectivity index (χ1) is 10.2. The molecule has 2 nitrogen and oxygen atoms in total. The van der Waals surface area contributed by atoms with Gasteiger partial charge in [-0.3, -0.25) is 4.79 Å². The molecular weight excluding hydrogens is 260 g/mol. The molecule has 0 saturated carbocycles. The van der Waals surface area contributed by atoms with Crippen LogP contribution in [0.3, 0.4) is 0 Å². The Hall–Kier alpha value is -2.09. The lowest BCUT2D eigenvalue weighted by molar-refractivity contribution is 0.103. The van der Waals surface area contributed by atoms with Crippen LogP contribution in [0.5, 0.6) is 5.75 Å². The fraction of sp³-hybridized carbons (Fsp3) is 0.316. The molecule has 2 heteroatoms. The second kappa shape index (κ2) is 7.63. The number of carbonyl (C=O) groups is 1. The van der Waals surface area contributed by atoms with E-state index < -0.39 is 0 Å². The Balaban J connectivity index is 2.04. The predicted octanol–water partition coefficient (Wildman–Crippen LogP) is 4.66. The van der Waals surface area contributed by atoms with E-state index in [2.05, 4.69) is 19.1 Å². The van der Waals surface area contributed by atoms with Crippen LogP contribution in [0.1, 0.15) is 47.7 Å². The van der Waals surface area contributed by atoms with Crippen molar-refractivity contribution in [2.75, 3.05) is 7.11 Å². The minimum absolute atomic E-state index is 0.0535. The molecule has 2 aromatic rings. The molecule has 2 rings (SSSR count). The van der Waals surface area contributed by atoms with Crippen LogP contribution in [0.15, 0.2) is 48.5 Å².